The first kappa shape index (κ1) is 17.8. The summed E-state index contributed by atoms with van der Waals surface area (Å²) < 4.78 is 5.56. The van der Waals surface area contributed by atoms with E-state index in [1.165, 1.54) is 0 Å². The molecule has 4 atom stereocenters. The van der Waals surface area contributed by atoms with Crippen molar-refractivity contribution in [1.82, 2.24) is 5.32 Å². The topological polar surface area (TPSA) is 55.4 Å². The van der Waals surface area contributed by atoms with Gasteiger partial charge in [0.05, 0.1) is 11.8 Å². The lowest BCUT2D eigenvalue weighted by Gasteiger charge is -2.46. The van der Waals surface area contributed by atoms with Gasteiger partial charge in [-0.3, -0.25) is 9.59 Å². The minimum atomic E-state index is -0.294. The van der Waals surface area contributed by atoms with Crippen molar-refractivity contribution in [2.24, 2.45) is 23.7 Å². The molecule has 2 aliphatic carbocycles. The largest absolute Gasteiger partial charge is 0.461 e. The molecule has 0 aliphatic heterocycles. The van der Waals surface area contributed by atoms with Gasteiger partial charge in [-0.1, -0.05) is 67.1 Å². The molecule has 0 unspecified atom stereocenters. The van der Waals surface area contributed by atoms with E-state index in [-0.39, 0.29) is 30.3 Å². The van der Waals surface area contributed by atoms with Crippen LogP contribution in [0.15, 0.2) is 60.7 Å². The summed E-state index contributed by atoms with van der Waals surface area (Å²) in [5.41, 5.74) is 2.04. The van der Waals surface area contributed by atoms with Crippen LogP contribution in [0.3, 0.4) is 0 Å². The van der Waals surface area contributed by atoms with Gasteiger partial charge in [0.25, 0.3) is 0 Å². The van der Waals surface area contributed by atoms with Crippen LogP contribution < -0.4 is 5.32 Å². The Morgan fingerprint density at radius 2 is 1.44 bits per heavy atom. The van der Waals surface area contributed by atoms with E-state index in [0.717, 1.165) is 30.4 Å². The van der Waals surface area contributed by atoms with E-state index in [2.05, 4.69) is 5.32 Å². The van der Waals surface area contributed by atoms with Gasteiger partial charge in [0.2, 0.25) is 5.91 Å². The molecular formula is C23H25NO3. The fourth-order valence-corrected chi connectivity index (χ4v) is 4.70. The van der Waals surface area contributed by atoms with E-state index >= 15 is 0 Å². The smallest absolute Gasteiger partial charge is 0.310 e. The summed E-state index contributed by atoms with van der Waals surface area (Å²) in [5.74, 6) is -0.136. The first-order chi connectivity index (χ1) is 13.2. The fraction of sp³-hybridized carbons (Fsp3) is 0.391. The number of rotatable bonds is 6. The Balaban J connectivity index is 1.38. The van der Waals surface area contributed by atoms with Gasteiger partial charge in [-0.2, -0.15) is 0 Å². The molecule has 0 bridgehead atoms. The Labute approximate surface area is 159 Å². The van der Waals surface area contributed by atoms with Gasteiger partial charge in [0.1, 0.15) is 6.61 Å². The molecule has 140 valence electrons. The highest BCUT2D eigenvalue weighted by molar-refractivity contribution is 5.88. The zero-order valence-electron chi connectivity index (χ0n) is 15.3. The number of benzene rings is 2. The van der Waals surface area contributed by atoms with Gasteiger partial charge in [-0.25, -0.2) is 0 Å². The highest BCUT2D eigenvalue weighted by Gasteiger charge is 2.59. The molecule has 2 saturated carbocycles. The molecule has 4 nitrogen and oxygen atoms in total. The number of amides is 1. The Hall–Kier alpha value is -2.62. The summed E-state index contributed by atoms with van der Waals surface area (Å²) in [4.78, 5) is 25.5. The van der Waals surface area contributed by atoms with E-state index < -0.39 is 0 Å². The number of esters is 1. The molecule has 2 aromatic carbocycles. The van der Waals surface area contributed by atoms with Crippen LogP contribution in [0.25, 0.3) is 0 Å². The van der Waals surface area contributed by atoms with Crippen molar-refractivity contribution < 1.29 is 14.3 Å². The summed E-state index contributed by atoms with van der Waals surface area (Å²) in [7, 11) is 0. The second kappa shape index (κ2) is 7.95. The molecule has 0 radical (unpaired) electrons. The first-order valence-corrected chi connectivity index (χ1v) is 9.76. The molecule has 2 aliphatic rings. The zero-order valence-corrected chi connectivity index (χ0v) is 15.3. The number of nitrogens with one attached hydrogen (secondary N) is 1. The van der Waals surface area contributed by atoms with Crippen molar-refractivity contribution in [3.05, 3.63) is 71.8 Å². The summed E-state index contributed by atoms with van der Waals surface area (Å²) in [6.07, 6.45) is 3.16. The Morgan fingerprint density at radius 1 is 0.852 bits per heavy atom. The molecule has 0 spiro atoms. The zero-order chi connectivity index (χ0) is 18.6. The molecule has 27 heavy (non-hydrogen) atoms. The van der Waals surface area contributed by atoms with Crippen LogP contribution >= 0.6 is 0 Å². The second-order valence-corrected chi connectivity index (χ2v) is 7.61. The van der Waals surface area contributed by atoms with Crippen LogP contribution in [0.1, 0.15) is 30.4 Å². The molecule has 1 amide bonds. The lowest BCUT2D eigenvalue weighted by Crippen LogP contribution is -2.55. The van der Waals surface area contributed by atoms with Crippen molar-refractivity contribution >= 4 is 11.9 Å². The summed E-state index contributed by atoms with van der Waals surface area (Å²) in [6, 6.07) is 19.5. The molecule has 4 heteroatoms. The van der Waals surface area contributed by atoms with Crippen molar-refractivity contribution in [2.75, 3.05) is 0 Å². The predicted octanol–water partition coefficient (Wildman–Crippen LogP) is 3.71. The van der Waals surface area contributed by atoms with E-state index in [4.69, 9.17) is 4.74 Å². The third-order valence-electron chi connectivity index (χ3n) is 6.04. The number of fused-ring (bicyclic) bond motifs is 1. The molecule has 1 N–H and O–H groups in total. The van der Waals surface area contributed by atoms with E-state index in [1.807, 2.05) is 60.7 Å². The number of hydrogen-bond donors (Lipinski definition) is 1. The number of carbonyl (C=O) groups is 2. The quantitative estimate of drug-likeness (QED) is 0.796. The maximum Gasteiger partial charge on any atom is 0.310 e. The van der Waals surface area contributed by atoms with Gasteiger partial charge in [0.15, 0.2) is 0 Å². The van der Waals surface area contributed by atoms with Crippen molar-refractivity contribution in [1.29, 1.82) is 0 Å². The minimum absolute atomic E-state index is 0.0105. The Kier molecular flexibility index (Phi) is 5.23. The van der Waals surface area contributed by atoms with Crippen LogP contribution in [0.4, 0.5) is 0 Å². The standard InChI is InChI=1S/C23H25NO3/c25-22(24-14-16-8-3-1-4-9-16)20-18-12-7-13-19(18)21(20)23(26)27-15-17-10-5-2-6-11-17/h1-6,8-11,18-21H,7,12-15H2,(H,24,25)/t18-,19+,20+,21-/m0/s1. The van der Waals surface area contributed by atoms with Crippen LogP contribution in [0.5, 0.6) is 0 Å². The third kappa shape index (κ3) is 3.75. The van der Waals surface area contributed by atoms with Gasteiger partial charge >= 0.3 is 5.97 Å². The highest BCUT2D eigenvalue weighted by Crippen LogP contribution is 2.55. The first-order valence-electron chi connectivity index (χ1n) is 9.76. The Morgan fingerprint density at radius 3 is 2.11 bits per heavy atom. The normalized spacial score (nSPS) is 25.9. The molecule has 4 rings (SSSR count). The van der Waals surface area contributed by atoms with Gasteiger partial charge in [0, 0.05) is 6.54 Å². The SMILES string of the molecule is O=C(NCc1ccccc1)[C@@H]1[C@H]2CCC[C@H]2[C@@H]1C(=O)OCc1ccccc1. The fourth-order valence-electron chi connectivity index (χ4n) is 4.70. The summed E-state index contributed by atoms with van der Waals surface area (Å²) >= 11 is 0. The monoisotopic (exact) mass is 363 g/mol. The molecule has 2 aromatic rings. The molecule has 0 aromatic heterocycles. The van der Waals surface area contributed by atoms with E-state index in [9.17, 15) is 9.59 Å². The van der Waals surface area contributed by atoms with Gasteiger partial charge in [-0.05, 0) is 35.8 Å². The van der Waals surface area contributed by atoms with Crippen LogP contribution in [0, 0.1) is 23.7 Å². The molecule has 0 saturated heterocycles. The van der Waals surface area contributed by atoms with Crippen LogP contribution in [-0.2, 0) is 27.5 Å². The number of carbonyl (C=O) groups excluding carboxylic acids is 2. The maximum absolute atomic E-state index is 12.8. The number of hydrogen-bond acceptors (Lipinski definition) is 3. The van der Waals surface area contributed by atoms with Crippen molar-refractivity contribution in [3.8, 4) is 0 Å². The minimum Gasteiger partial charge on any atom is -0.461 e. The van der Waals surface area contributed by atoms with E-state index in [1.54, 1.807) is 0 Å². The van der Waals surface area contributed by atoms with Crippen molar-refractivity contribution in [3.63, 3.8) is 0 Å². The van der Waals surface area contributed by atoms with Gasteiger partial charge < -0.3 is 10.1 Å². The predicted molar refractivity (Wildman–Crippen MR) is 102 cm³/mol. The molecule has 0 heterocycles. The highest BCUT2D eigenvalue weighted by atomic mass is 16.5. The third-order valence-corrected chi connectivity index (χ3v) is 6.04. The van der Waals surface area contributed by atoms with Gasteiger partial charge in [-0.15, -0.1) is 0 Å². The Bertz CT molecular complexity index is 722. The number of ether oxygens (including phenoxy) is 1. The van der Waals surface area contributed by atoms with Crippen molar-refractivity contribution in [2.45, 2.75) is 32.4 Å². The van der Waals surface area contributed by atoms with E-state index in [0.29, 0.717) is 18.4 Å². The summed E-state index contributed by atoms with van der Waals surface area (Å²) in [5, 5.41) is 3.03. The lowest BCUT2D eigenvalue weighted by atomic mass is 9.57. The maximum atomic E-state index is 12.8. The average molecular weight is 363 g/mol. The molecular weight excluding hydrogens is 338 g/mol. The lowest BCUT2D eigenvalue weighted by molar-refractivity contribution is -0.170. The average Bonchev–Trinajstić information content (AvgIpc) is 3.09. The van der Waals surface area contributed by atoms with Crippen LogP contribution in [0.2, 0.25) is 0 Å². The molecule has 2 fully saturated rings. The second-order valence-electron chi connectivity index (χ2n) is 7.61. The van der Waals surface area contributed by atoms with Crippen LogP contribution in [-0.4, -0.2) is 11.9 Å². The summed E-state index contributed by atoms with van der Waals surface area (Å²) in [6.45, 7) is 0.769.